The summed E-state index contributed by atoms with van der Waals surface area (Å²) >= 11 is 0. The van der Waals surface area contributed by atoms with Crippen molar-refractivity contribution in [2.75, 3.05) is 0 Å². The van der Waals surface area contributed by atoms with Gasteiger partial charge in [-0.25, -0.2) is 13.6 Å². The zero-order valence-electron chi connectivity index (χ0n) is 5.46. The molecule has 0 radical (unpaired) electrons. The van der Waals surface area contributed by atoms with Gasteiger partial charge in [-0.05, 0) is 4.92 Å². The number of hydrogen-bond acceptors (Lipinski definition) is 6. The van der Waals surface area contributed by atoms with Gasteiger partial charge < -0.3 is 10.1 Å². The Kier molecular flexibility index (Phi) is 1.78. The molecule has 0 atom stereocenters. The highest BCUT2D eigenvalue weighted by molar-refractivity contribution is 7.89. The number of nitrogens with zero attached hydrogens (tertiary/aromatic N) is 3. The molecule has 3 N–H and O–H groups in total. The van der Waals surface area contributed by atoms with Gasteiger partial charge in [-0.15, -0.1) is 10.3 Å². The Hall–Kier alpha value is -1.55. The first-order chi connectivity index (χ1) is 5.43. The van der Waals surface area contributed by atoms with Gasteiger partial charge in [0.15, 0.2) is 0 Å². The quantitative estimate of drug-likeness (QED) is 0.425. The molecule has 0 saturated heterocycles. The molecule has 1 aromatic heterocycles. The molecule has 66 valence electrons. The number of nitrogens with two attached hydrogens (primary N) is 1. The lowest BCUT2D eigenvalue weighted by molar-refractivity contribution is -0.392. The summed E-state index contributed by atoms with van der Waals surface area (Å²) in [4.78, 5) is 9.10. The molecule has 1 rings (SSSR count). The van der Waals surface area contributed by atoms with Crippen molar-refractivity contribution < 1.29 is 13.3 Å². The summed E-state index contributed by atoms with van der Waals surface area (Å²) in [6.45, 7) is 0. The molecule has 1 aromatic rings. The Morgan fingerprint density at radius 3 is 2.42 bits per heavy atom. The smallest absolute Gasteiger partial charge is 0.358 e. The first-order valence-electron chi connectivity index (χ1n) is 2.51. The molecular formula is C2H3N5O4S. The number of aromatic nitrogens is 3. The zero-order valence-corrected chi connectivity index (χ0v) is 6.28. The van der Waals surface area contributed by atoms with Crippen LogP contribution in [0.3, 0.4) is 0 Å². The van der Waals surface area contributed by atoms with Crippen LogP contribution in [0.2, 0.25) is 0 Å². The molecule has 1 heterocycles. The van der Waals surface area contributed by atoms with E-state index in [1.54, 1.807) is 5.21 Å². The van der Waals surface area contributed by atoms with E-state index in [1.165, 1.54) is 0 Å². The number of sulfonamides is 1. The molecule has 0 aliphatic heterocycles. The zero-order chi connectivity index (χ0) is 9.35. The minimum atomic E-state index is -4.18. The van der Waals surface area contributed by atoms with Crippen molar-refractivity contribution in [2.24, 2.45) is 5.14 Å². The normalized spacial score (nSPS) is 11.4. The fourth-order valence-electron chi connectivity index (χ4n) is 0.525. The molecule has 0 unspecified atom stereocenters. The lowest BCUT2D eigenvalue weighted by Gasteiger charge is -1.89. The Balaban J connectivity index is 3.36. The Morgan fingerprint density at radius 2 is 2.08 bits per heavy atom. The maximum atomic E-state index is 10.6. The van der Waals surface area contributed by atoms with Crippen LogP contribution in [0.5, 0.6) is 0 Å². The van der Waals surface area contributed by atoms with Gasteiger partial charge in [0.1, 0.15) is 0 Å². The van der Waals surface area contributed by atoms with Crippen LogP contribution in [-0.4, -0.2) is 28.8 Å². The summed E-state index contributed by atoms with van der Waals surface area (Å²) in [5.41, 5.74) is 0. The second-order valence-corrected chi connectivity index (χ2v) is 3.23. The van der Waals surface area contributed by atoms with Crippen LogP contribution in [-0.2, 0) is 10.0 Å². The molecule has 0 spiro atoms. The summed E-state index contributed by atoms with van der Waals surface area (Å²) in [5.74, 6) is -0.905. The third-order valence-corrected chi connectivity index (χ3v) is 1.75. The van der Waals surface area contributed by atoms with E-state index in [9.17, 15) is 18.5 Å². The second kappa shape index (κ2) is 2.49. The number of aromatic amines is 1. The lowest BCUT2D eigenvalue weighted by Crippen LogP contribution is -2.14. The fraction of sp³-hybridized carbons (Fsp3) is 0. The Bertz CT molecular complexity index is 405. The third kappa shape index (κ3) is 1.38. The van der Waals surface area contributed by atoms with Crippen molar-refractivity contribution in [3.63, 3.8) is 0 Å². The van der Waals surface area contributed by atoms with Gasteiger partial charge >= 0.3 is 5.82 Å². The van der Waals surface area contributed by atoms with Crippen molar-refractivity contribution >= 4 is 15.8 Å². The van der Waals surface area contributed by atoms with Crippen LogP contribution in [0.15, 0.2) is 5.03 Å². The highest BCUT2D eigenvalue weighted by atomic mass is 32.2. The molecule has 12 heavy (non-hydrogen) atoms. The first kappa shape index (κ1) is 8.55. The number of primary sulfonamides is 1. The number of nitrogens with one attached hydrogen (secondary N) is 1. The van der Waals surface area contributed by atoms with Crippen LogP contribution in [0.1, 0.15) is 0 Å². The van der Waals surface area contributed by atoms with Crippen LogP contribution >= 0.6 is 0 Å². The highest BCUT2D eigenvalue weighted by Gasteiger charge is 2.28. The fourth-order valence-corrected chi connectivity index (χ4v) is 1.07. The maximum Gasteiger partial charge on any atom is 0.430 e. The molecule has 0 amide bonds. The van der Waals surface area contributed by atoms with E-state index in [0.29, 0.717) is 0 Å². The van der Waals surface area contributed by atoms with Crippen molar-refractivity contribution in [2.45, 2.75) is 5.03 Å². The van der Waals surface area contributed by atoms with E-state index in [4.69, 9.17) is 0 Å². The minimum absolute atomic E-state index is 0.868. The monoisotopic (exact) mass is 193 g/mol. The van der Waals surface area contributed by atoms with Crippen molar-refractivity contribution in [3.05, 3.63) is 10.1 Å². The lowest BCUT2D eigenvalue weighted by atomic mass is 10.8. The standard InChI is InChI=1S/C2H3N5O4S/c3-12(10,11)2-1(7(8)9)4-6-5-2/h(H2,3,10,11)(H,4,5,6). The van der Waals surface area contributed by atoms with Gasteiger partial charge in [-0.3, -0.25) is 0 Å². The highest BCUT2D eigenvalue weighted by Crippen LogP contribution is 2.14. The SMILES string of the molecule is NS(=O)(=O)c1n[nH]nc1[N+](=O)[O-]. The van der Waals surface area contributed by atoms with Crippen molar-refractivity contribution in [3.8, 4) is 0 Å². The number of rotatable bonds is 2. The first-order valence-corrected chi connectivity index (χ1v) is 4.05. The predicted octanol–water partition coefficient (Wildman–Crippen LogP) is -1.64. The predicted molar refractivity (Wildman–Crippen MR) is 34.4 cm³/mol. The number of nitro groups is 1. The topological polar surface area (TPSA) is 145 Å². The van der Waals surface area contributed by atoms with Gasteiger partial charge in [0.2, 0.25) is 0 Å². The molecule has 0 fully saturated rings. The summed E-state index contributed by atoms with van der Waals surface area (Å²) in [7, 11) is -4.18. The van der Waals surface area contributed by atoms with Crippen LogP contribution < -0.4 is 5.14 Å². The van der Waals surface area contributed by atoms with Gasteiger partial charge in [0, 0.05) is 0 Å². The summed E-state index contributed by atoms with van der Waals surface area (Å²) in [5, 5.41) is 21.6. The largest absolute Gasteiger partial charge is 0.430 e. The van der Waals surface area contributed by atoms with Gasteiger partial charge in [0.05, 0.1) is 5.10 Å². The van der Waals surface area contributed by atoms with E-state index in [0.717, 1.165) is 0 Å². The minimum Gasteiger partial charge on any atom is -0.358 e. The summed E-state index contributed by atoms with van der Waals surface area (Å²) < 4.78 is 21.1. The van der Waals surface area contributed by atoms with E-state index >= 15 is 0 Å². The molecule has 0 aromatic carbocycles. The number of hydrogen-bond donors (Lipinski definition) is 2. The molecule has 0 bridgehead atoms. The van der Waals surface area contributed by atoms with Crippen molar-refractivity contribution in [1.82, 2.24) is 15.4 Å². The molecular weight excluding hydrogens is 190 g/mol. The van der Waals surface area contributed by atoms with Crippen LogP contribution in [0.4, 0.5) is 5.82 Å². The average Bonchev–Trinajstić information content (AvgIpc) is 2.30. The van der Waals surface area contributed by atoms with Crippen molar-refractivity contribution in [1.29, 1.82) is 0 Å². The Morgan fingerprint density at radius 1 is 1.50 bits per heavy atom. The summed E-state index contributed by atoms with van der Waals surface area (Å²) in [6.07, 6.45) is 0. The van der Waals surface area contributed by atoms with Crippen LogP contribution in [0.25, 0.3) is 0 Å². The molecule has 0 saturated carbocycles. The maximum absolute atomic E-state index is 10.6. The molecule has 0 aliphatic rings. The van der Waals surface area contributed by atoms with E-state index in [1.807, 2.05) is 0 Å². The van der Waals surface area contributed by atoms with E-state index in [-0.39, 0.29) is 0 Å². The van der Waals surface area contributed by atoms with Gasteiger partial charge in [-0.1, -0.05) is 0 Å². The Labute approximate surface area is 65.8 Å². The average molecular weight is 193 g/mol. The molecule has 10 heteroatoms. The molecule has 0 aliphatic carbocycles. The van der Waals surface area contributed by atoms with Gasteiger partial charge in [-0.2, -0.15) is 0 Å². The molecule has 9 nitrogen and oxygen atoms in total. The van der Waals surface area contributed by atoms with Gasteiger partial charge in [0.25, 0.3) is 15.0 Å². The second-order valence-electron chi connectivity index (χ2n) is 1.75. The number of H-pyrrole nitrogens is 1. The summed E-state index contributed by atoms with van der Waals surface area (Å²) in [6, 6.07) is 0. The van der Waals surface area contributed by atoms with E-state index < -0.39 is 25.8 Å². The third-order valence-electron chi connectivity index (χ3n) is 0.941. The van der Waals surface area contributed by atoms with E-state index in [2.05, 4.69) is 15.3 Å². The van der Waals surface area contributed by atoms with Crippen LogP contribution in [0, 0.1) is 10.1 Å².